The van der Waals surface area contributed by atoms with E-state index in [1.165, 1.54) is 5.56 Å². The second-order valence-corrected chi connectivity index (χ2v) is 7.04. The Morgan fingerprint density at radius 1 is 1.08 bits per heavy atom. The minimum Gasteiger partial charge on any atom is -0.384 e. The second kappa shape index (κ2) is 7.93. The van der Waals surface area contributed by atoms with Crippen LogP contribution in [-0.2, 0) is 12.0 Å². The Morgan fingerprint density at radius 3 is 2.46 bits per heavy atom. The van der Waals surface area contributed by atoms with E-state index in [-0.39, 0.29) is 0 Å². The van der Waals surface area contributed by atoms with Crippen molar-refractivity contribution in [3.8, 4) is 0 Å². The summed E-state index contributed by atoms with van der Waals surface area (Å²) in [5.74, 6) is 0. The van der Waals surface area contributed by atoms with Crippen molar-refractivity contribution >= 4 is 0 Å². The molecule has 0 aromatic heterocycles. The zero-order valence-corrected chi connectivity index (χ0v) is 14.5. The van der Waals surface area contributed by atoms with E-state index in [0.29, 0.717) is 12.6 Å². The first-order valence-electron chi connectivity index (χ1n) is 8.91. The molecule has 24 heavy (non-hydrogen) atoms. The molecule has 2 aromatic carbocycles. The van der Waals surface area contributed by atoms with Gasteiger partial charge in [0.1, 0.15) is 0 Å². The van der Waals surface area contributed by atoms with Crippen LogP contribution >= 0.6 is 0 Å². The van der Waals surface area contributed by atoms with E-state index in [0.717, 1.165) is 38.0 Å². The molecular formula is C21H28N2O. The number of likely N-dealkylation sites (tertiary alicyclic amines) is 1. The van der Waals surface area contributed by atoms with Gasteiger partial charge in [0.15, 0.2) is 0 Å². The topological polar surface area (TPSA) is 35.5 Å². The Morgan fingerprint density at radius 2 is 1.75 bits per heavy atom. The van der Waals surface area contributed by atoms with E-state index < -0.39 is 5.60 Å². The zero-order valence-electron chi connectivity index (χ0n) is 14.5. The van der Waals surface area contributed by atoms with Gasteiger partial charge in [-0.05, 0) is 37.4 Å². The summed E-state index contributed by atoms with van der Waals surface area (Å²) in [5, 5.41) is 14.2. The molecule has 3 heteroatoms. The first-order valence-corrected chi connectivity index (χ1v) is 8.91. The Bertz CT molecular complexity index is 612. The number of aliphatic hydroxyl groups is 1. The molecule has 1 fully saturated rings. The summed E-state index contributed by atoms with van der Waals surface area (Å²) in [6.45, 7) is 5.79. The van der Waals surface area contributed by atoms with Crippen molar-refractivity contribution in [3.05, 3.63) is 71.8 Å². The van der Waals surface area contributed by atoms with Crippen LogP contribution in [0.4, 0.5) is 0 Å². The molecule has 2 unspecified atom stereocenters. The highest BCUT2D eigenvalue weighted by Crippen LogP contribution is 2.20. The number of nitrogens with one attached hydrogen (secondary N) is 1. The quantitative estimate of drug-likeness (QED) is 0.822. The van der Waals surface area contributed by atoms with Gasteiger partial charge in [0.2, 0.25) is 0 Å². The van der Waals surface area contributed by atoms with Gasteiger partial charge in [0.25, 0.3) is 0 Å². The van der Waals surface area contributed by atoms with Gasteiger partial charge in [-0.3, -0.25) is 0 Å². The zero-order chi connectivity index (χ0) is 16.8. The number of hydrogen-bond donors (Lipinski definition) is 2. The van der Waals surface area contributed by atoms with Gasteiger partial charge in [0.05, 0.1) is 5.60 Å². The lowest BCUT2D eigenvalue weighted by molar-refractivity contribution is 0.0540. The fourth-order valence-electron chi connectivity index (χ4n) is 3.38. The van der Waals surface area contributed by atoms with Crippen molar-refractivity contribution in [2.24, 2.45) is 0 Å². The molecule has 0 amide bonds. The highest BCUT2D eigenvalue weighted by molar-refractivity contribution is 5.21. The molecule has 2 atom stereocenters. The molecule has 3 rings (SSSR count). The van der Waals surface area contributed by atoms with Crippen LogP contribution in [0.2, 0.25) is 0 Å². The normalized spacial score (nSPS) is 20.8. The van der Waals surface area contributed by atoms with Crippen LogP contribution in [0.5, 0.6) is 0 Å². The van der Waals surface area contributed by atoms with E-state index >= 15 is 0 Å². The summed E-state index contributed by atoms with van der Waals surface area (Å²) in [6, 6.07) is 21.1. The summed E-state index contributed by atoms with van der Waals surface area (Å²) in [7, 11) is 0. The Balaban J connectivity index is 1.43. The van der Waals surface area contributed by atoms with Gasteiger partial charge in [0, 0.05) is 25.7 Å². The van der Waals surface area contributed by atoms with E-state index in [1.807, 2.05) is 37.3 Å². The lowest BCUT2D eigenvalue weighted by Crippen LogP contribution is -2.42. The number of hydrogen-bond acceptors (Lipinski definition) is 3. The smallest absolute Gasteiger partial charge is 0.0992 e. The van der Waals surface area contributed by atoms with E-state index in [2.05, 4.69) is 40.5 Å². The van der Waals surface area contributed by atoms with Crippen LogP contribution < -0.4 is 5.32 Å². The molecule has 0 saturated carbocycles. The average molecular weight is 324 g/mol. The maximum absolute atomic E-state index is 10.7. The highest BCUT2D eigenvalue weighted by Gasteiger charge is 2.27. The molecule has 3 nitrogen and oxygen atoms in total. The maximum atomic E-state index is 10.7. The minimum absolute atomic E-state index is 0.468. The number of rotatable bonds is 7. The van der Waals surface area contributed by atoms with Crippen LogP contribution in [0.1, 0.15) is 24.5 Å². The Hall–Kier alpha value is -1.68. The average Bonchev–Trinajstić information content (AvgIpc) is 3.08. The standard InChI is InChI=1S/C21H28N2O/c1-21(24,19-10-6-3-7-11-19)17-22-20-13-15-23(16-20)14-12-18-8-4-2-5-9-18/h2-11,20,22,24H,12-17H2,1H3. The summed E-state index contributed by atoms with van der Waals surface area (Å²) in [5.41, 5.74) is 1.55. The van der Waals surface area contributed by atoms with Crippen LogP contribution in [-0.4, -0.2) is 42.2 Å². The summed E-state index contributed by atoms with van der Waals surface area (Å²) in [4.78, 5) is 2.52. The molecule has 0 radical (unpaired) electrons. The highest BCUT2D eigenvalue weighted by atomic mass is 16.3. The van der Waals surface area contributed by atoms with Gasteiger partial charge < -0.3 is 15.3 Å². The maximum Gasteiger partial charge on any atom is 0.0992 e. The first-order chi connectivity index (χ1) is 11.6. The molecule has 128 valence electrons. The molecule has 1 heterocycles. The summed E-state index contributed by atoms with van der Waals surface area (Å²) in [6.07, 6.45) is 2.26. The van der Waals surface area contributed by atoms with Gasteiger partial charge in [-0.15, -0.1) is 0 Å². The van der Waals surface area contributed by atoms with Gasteiger partial charge >= 0.3 is 0 Å². The van der Waals surface area contributed by atoms with Gasteiger partial charge in [-0.1, -0.05) is 60.7 Å². The number of benzene rings is 2. The Kier molecular flexibility index (Phi) is 5.67. The molecule has 0 bridgehead atoms. The van der Waals surface area contributed by atoms with Gasteiger partial charge in [-0.2, -0.15) is 0 Å². The van der Waals surface area contributed by atoms with Crippen LogP contribution in [0, 0.1) is 0 Å². The molecule has 2 N–H and O–H groups in total. The monoisotopic (exact) mass is 324 g/mol. The molecular weight excluding hydrogens is 296 g/mol. The predicted molar refractivity (Wildman–Crippen MR) is 99.0 cm³/mol. The third-order valence-electron chi connectivity index (χ3n) is 4.96. The van der Waals surface area contributed by atoms with Crippen molar-refractivity contribution in [3.63, 3.8) is 0 Å². The van der Waals surface area contributed by atoms with Gasteiger partial charge in [-0.25, -0.2) is 0 Å². The van der Waals surface area contributed by atoms with Crippen LogP contribution in [0.15, 0.2) is 60.7 Å². The third-order valence-corrected chi connectivity index (χ3v) is 4.96. The fraction of sp³-hybridized carbons (Fsp3) is 0.429. The summed E-state index contributed by atoms with van der Waals surface area (Å²) < 4.78 is 0. The third kappa shape index (κ3) is 4.67. The fourth-order valence-corrected chi connectivity index (χ4v) is 3.38. The van der Waals surface area contributed by atoms with Crippen molar-refractivity contribution in [1.29, 1.82) is 0 Å². The van der Waals surface area contributed by atoms with Crippen molar-refractivity contribution in [2.45, 2.75) is 31.4 Å². The molecule has 0 aliphatic carbocycles. The van der Waals surface area contributed by atoms with E-state index in [9.17, 15) is 5.11 Å². The molecule has 1 aliphatic rings. The largest absolute Gasteiger partial charge is 0.384 e. The first kappa shape index (κ1) is 17.2. The summed E-state index contributed by atoms with van der Waals surface area (Å²) >= 11 is 0. The lowest BCUT2D eigenvalue weighted by atomic mass is 9.96. The number of nitrogens with zero attached hydrogens (tertiary/aromatic N) is 1. The lowest BCUT2D eigenvalue weighted by Gasteiger charge is -2.26. The second-order valence-electron chi connectivity index (χ2n) is 7.04. The van der Waals surface area contributed by atoms with Crippen molar-refractivity contribution in [2.75, 3.05) is 26.2 Å². The minimum atomic E-state index is -0.821. The predicted octanol–water partition coefficient (Wildman–Crippen LogP) is 2.80. The molecule has 2 aromatic rings. The van der Waals surface area contributed by atoms with Crippen molar-refractivity contribution in [1.82, 2.24) is 10.2 Å². The molecule has 1 aliphatic heterocycles. The van der Waals surface area contributed by atoms with Crippen LogP contribution in [0.25, 0.3) is 0 Å². The molecule has 0 spiro atoms. The van der Waals surface area contributed by atoms with Crippen molar-refractivity contribution < 1.29 is 5.11 Å². The Labute approximate surface area is 145 Å². The van der Waals surface area contributed by atoms with E-state index in [4.69, 9.17) is 0 Å². The molecule has 1 saturated heterocycles. The SMILES string of the molecule is CC(O)(CNC1CCN(CCc2ccccc2)C1)c1ccccc1. The van der Waals surface area contributed by atoms with E-state index in [1.54, 1.807) is 0 Å². The van der Waals surface area contributed by atoms with Crippen LogP contribution in [0.3, 0.4) is 0 Å².